The number of likely N-dealkylation sites (tertiary alicyclic amines) is 1. The third-order valence-corrected chi connectivity index (χ3v) is 7.33. The van der Waals surface area contributed by atoms with Crippen molar-refractivity contribution in [2.45, 2.75) is 24.3 Å². The summed E-state index contributed by atoms with van der Waals surface area (Å²) in [4.78, 5) is 50.5. The summed E-state index contributed by atoms with van der Waals surface area (Å²) in [5.41, 5.74) is 5.13. The molecule has 2 aromatic rings. The summed E-state index contributed by atoms with van der Waals surface area (Å²) < 4.78 is 27.7. The standard InChI is InChI=1S/C24H24N4O6S/c29-21(15-28-23(31)19-11-4-5-12-20(19)24(28)32)26-27-22(30)17-9-6-10-18(13-17)35(33,34)25-14-16-7-2-1-3-8-16/h1-10,13,19-20,25H,11-12,14-15H2,(H,26,29)(H,27,30)/t19-,20+. The van der Waals surface area contributed by atoms with Crippen LogP contribution in [0.2, 0.25) is 0 Å². The maximum Gasteiger partial charge on any atom is 0.269 e. The van der Waals surface area contributed by atoms with Crippen molar-refractivity contribution in [3.63, 3.8) is 0 Å². The normalized spacial score (nSPS) is 19.4. The molecular weight excluding hydrogens is 472 g/mol. The first-order valence-electron chi connectivity index (χ1n) is 11.0. The zero-order valence-electron chi connectivity index (χ0n) is 18.6. The van der Waals surface area contributed by atoms with E-state index in [1.807, 2.05) is 18.2 Å². The molecular formula is C24H24N4O6S. The summed E-state index contributed by atoms with van der Waals surface area (Å²) in [6, 6.07) is 14.3. The average molecular weight is 497 g/mol. The number of nitrogens with one attached hydrogen (secondary N) is 3. The van der Waals surface area contributed by atoms with Gasteiger partial charge < -0.3 is 0 Å². The summed E-state index contributed by atoms with van der Waals surface area (Å²) in [5, 5.41) is 0. The first-order chi connectivity index (χ1) is 16.8. The van der Waals surface area contributed by atoms with Gasteiger partial charge in [-0.05, 0) is 36.6 Å². The van der Waals surface area contributed by atoms with E-state index >= 15 is 0 Å². The van der Waals surface area contributed by atoms with Gasteiger partial charge in [0.05, 0.1) is 16.7 Å². The molecule has 10 nitrogen and oxygen atoms in total. The van der Waals surface area contributed by atoms with Gasteiger partial charge in [0.1, 0.15) is 6.54 Å². The van der Waals surface area contributed by atoms with Gasteiger partial charge >= 0.3 is 0 Å². The molecule has 182 valence electrons. The van der Waals surface area contributed by atoms with E-state index in [2.05, 4.69) is 15.6 Å². The number of carbonyl (C=O) groups is 4. The van der Waals surface area contributed by atoms with Gasteiger partial charge in [-0.2, -0.15) is 0 Å². The summed E-state index contributed by atoms with van der Waals surface area (Å²) in [7, 11) is -3.89. The van der Waals surface area contributed by atoms with E-state index in [1.54, 1.807) is 24.3 Å². The maximum atomic E-state index is 12.6. The first kappa shape index (κ1) is 24.3. The molecule has 2 aliphatic rings. The third kappa shape index (κ3) is 5.47. The largest absolute Gasteiger partial charge is 0.274 e. The fourth-order valence-electron chi connectivity index (χ4n) is 4.07. The van der Waals surface area contributed by atoms with Gasteiger partial charge in [0.15, 0.2) is 0 Å². The molecule has 1 heterocycles. The predicted molar refractivity (Wildman–Crippen MR) is 125 cm³/mol. The van der Waals surface area contributed by atoms with E-state index in [4.69, 9.17) is 0 Å². The number of imide groups is 1. The summed E-state index contributed by atoms with van der Waals surface area (Å²) in [6.07, 6.45) is 4.62. The van der Waals surface area contributed by atoms with Crippen LogP contribution in [0.1, 0.15) is 28.8 Å². The van der Waals surface area contributed by atoms with Crippen molar-refractivity contribution in [3.05, 3.63) is 77.9 Å². The molecule has 2 atom stereocenters. The molecule has 3 N–H and O–H groups in total. The highest BCUT2D eigenvalue weighted by Gasteiger charge is 2.47. The Kier molecular flexibility index (Phi) is 7.08. The van der Waals surface area contributed by atoms with Crippen LogP contribution in [0.15, 0.2) is 71.6 Å². The number of hydrogen-bond acceptors (Lipinski definition) is 6. The van der Waals surface area contributed by atoms with Crippen molar-refractivity contribution < 1.29 is 27.6 Å². The van der Waals surface area contributed by atoms with Gasteiger partial charge in [-0.15, -0.1) is 0 Å². The van der Waals surface area contributed by atoms with E-state index in [9.17, 15) is 27.6 Å². The Bertz CT molecular complexity index is 1270. The number of rotatable bonds is 7. The van der Waals surface area contributed by atoms with Crippen molar-refractivity contribution >= 4 is 33.7 Å². The minimum Gasteiger partial charge on any atom is -0.274 e. The van der Waals surface area contributed by atoms with Crippen LogP contribution in [0, 0.1) is 11.8 Å². The molecule has 0 radical (unpaired) electrons. The third-order valence-electron chi connectivity index (χ3n) is 5.93. The van der Waals surface area contributed by atoms with Crippen LogP contribution in [-0.2, 0) is 31.0 Å². The van der Waals surface area contributed by atoms with Crippen molar-refractivity contribution in [2.75, 3.05) is 6.54 Å². The molecule has 4 amide bonds. The van der Waals surface area contributed by atoms with Gasteiger partial charge in [-0.1, -0.05) is 48.6 Å². The number of benzene rings is 2. The highest BCUT2D eigenvalue weighted by Crippen LogP contribution is 2.34. The molecule has 1 aliphatic carbocycles. The van der Waals surface area contributed by atoms with Crippen LogP contribution in [0.3, 0.4) is 0 Å². The van der Waals surface area contributed by atoms with Crippen LogP contribution in [0.25, 0.3) is 0 Å². The van der Waals surface area contributed by atoms with Crippen molar-refractivity contribution in [3.8, 4) is 0 Å². The fraction of sp³-hybridized carbons (Fsp3) is 0.250. The molecule has 11 heteroatoms. The van der Waals surface area contributed by atoms with Gasteiger partial charge in [0, 0.05) is 12.1 Å². The molecule has 1 fully saturated rings. The Morgan fingerprint density at radius 3 is 2.20 bits per heavy atom. The number of sulfonamides is 1. The van der Waals surface area contributed by atoms with Gasteiger partial charge in [0.2, 0.25) is 21.8 Å². The van der Waals surface area contributed by atoms with Crippen LogP contribution in [0.4, 0.5) is 0 Å². The molecule has 1 aliphatic heterocycles. The topological polar surface area (TPSA) is 142 Å². The van der Waals surface area contributed by atoms with E-state index in [-0.39, 0.29) is 17.0 Å². The Morgan fingerprint density at radius 2 is 1.54 bits per heavy atom. The number of hydrogen-bond donors (Lipinski definition) is 3. The maximum absolute atomic E-state index is 12.6. The van der Waals surface area contributed by atoms with Crippen LogP contribution in [0.5, 0.6) is 0 Å². The smallest absolute Gasteiger partial charge is 0.269 e. The van der Waals surface area contributed by atoms with Crippen molar-refractivity contribution in [1.29, 1.82) is 0 Å². The lowest BCUT2D eigenvalue weighted by Gasteiger charge is -2.15. The van der Waals surface area contributed by atoms with Gasteiger partial charge in [0.25, 0.3) is 11.8 Å². The zero-order chi connectivity index (χ0) is 25.0. The highest BCUT2D eigenvalue weighted by atomic mass is 32.2. The molecule has 1 saturated heterocycles. The lowest BCUT2D eigenvalue weighted by Crippen LogP contribution is -2.48. The highest BCUT2D eigenvalue weighted by molar-refractivity contribution is 7.89. The average Bonchev–Trinajstić information content (AvgIpc) is 3.11. The molecule has 0 aromatic heterocycles. The Balaban J connectivity index is 1.33. The minimum absolute atomic E-state index is 0.00157. The van der Waals surface area contributed by atoms with E-state index in [0.717, 1.165) is 10.5 Å². The molecule has 0 unspecified atom stereocenters. The zero-order valence-corrected chi connectivity index (χ0v) is 19.5. The summed E-state index contributed by atoms with van der Waals surface area (Å²) in [6.45, 7) is -0.426. The quantitative estimate of drug-likeness (QED) is 0.295. The lowest BCUT2D eigenvalue weighted by molar-refractivity contribution is -0.143. The Labute approximate surface area is 202 Å². The van der Waals surface area contributed by atoms with Crippen molar-refractivity contribution in [1.82, 2.24) is 20.5 Å². The van der Waals surface area contributed by atoms with Crippen LogP contribution < -0.4 is 15.6 Å². The number of nitrogens with zero attached hydrogens (tertiary/aromatic N) is 1. The van der Waals surface area contributed by atoms with E-state index < -0.39 is 52.0 Å². The second kappa shape index (κ2) is 10.2. The second-order valence-electron chi connectivity index (χ2n) is 8.26. The second-order valence-corrected chi connectivity index (χ2v) is 10.0. The first-order valence-corrected chi connectivity index (χ1v) is 12.5. The Morgan fingerprint density at radius 1 is 0.886 bits per heavy atom. The SMILES string of the molecule is O=C(CN1C(=O)[C@H]2CC=CC[C@H]2C1=O)NNC(=O)c1cccc(S(=O)(=O)NCc2ccccc2)c1. The van der Waals surface area contributed by atoms with Gasteiger partial charge in [-0.25, -0.2) is 13.1 Å². The molecule has 35 heavy (non-hydrogen) atoms. The summed E-state index contributed by atoms with van der Waals surface area (Å²) >= 11 is 0. The molecule has 0 spiro atoms. The van der Waals surface area contributed by atoms with Crippen LogP contribution >= 0.6 is 0 Å². The Hall–Kier alpha value is -3.83. The summed E-state index contributed by atoms with van der Waals surface area (Å²) in [5.74, 6) is -3.20. The van der Waals surface area contributed by atoms with Crippen LogP contribution in [-0.4, -0.2) is 43.5 Å². The lowest BCUT2D eigenvalue weighted by atomic mass is 9.85. The number of amides is 4. The monoisotopic (exact) mass is 496 g/mol. The predicted octanol–water partition coefficient (Wildman–Crippen LogP) is 0.877. The number of carbonyl (C=O) groups excluding carboxylic acids is 4. The fourth-order valence-corrected chi connectivity index (χ4v) is 5.13. The molecule has 0 bridgehead atoms. The number of allylic oxidation sites excluding steroid dienone is 2. The van der Waals surface area contributed by atoms with Gasteiger partial charge in [-0.3, -0.25) is 34.9 Å². The van der Waals surface area contributed by atoms with E-state index in [1.165, 1.54) is 24.3 Å². The minimum atomic E-state index is -3.89. The van der Waals surface area contributed by atoms with E-state index in [0.29, 0.717) is 12.8 Å². The molecule has 2 aromatic carbocycles. The van der Waals surface area contributed by atoms with Crippen molar-refractivity contribution in [2.24, 2.45) is 11.8 Å². The number of fused-ring (bicyclic) bond motifs is 1. The molecule has 0 saturated carbocycles. The number of hydrazine groups is 1. The molecule has 4 rings (SSSR count).